The van der Waals surface area contributed by atoms with E-state index in [0.29, 0.717) is 6.42 Å². The van der Waals surface area contributed by atoms with Gasteiger partial charge in [-0.2, -0.15) is 0 Å². The first kappa shape index (κ1) is 14.8. The summed E-state index contributed by atoms with van der Waals surface area (Å²) >= 11 is 0. The van der Waals surface area contributed by atoms with E-state index >= 15 is 0 Å². The zero-order chi connectivity index (χ0) is 11.9. The molecule has 0 unspecified atom stereocenters. The van der Waals surface area contributed by atoms with Crippen molar-refractivity contribution < 1.29 is 16.8 Å². The van der Waals surface area contributed by atoms with Gasteiger partial charge in [-0.3, -0.25) is 0 Å². The van der Waals surface area contributed by atoms with E-state index in [4.69, 9.17) is 0 Å². The second-order valence-electron chi connectivity index (χ2n) is 3.09. The van der Waals surface area contributed by atoms with Gasteiger partial charge in [-0.15, -0.1) is 0 Å². The summed E-state index contributed by atoms with van der Waals surface area (Å²) in [4.78, 5) is 0. The first-order chi connectivity index (χ1) is 6.83. The van der Waals surface area contributed by atoms with Crippen molar-refractivity contribution in [1.82, 2.24) is 9.44 Å². The van der Waals surface area contributed by atoms with Gasteiger partial charge >= 0.3 is 0 Å². The lowest BCUT2D eigenvalue weighted by Crippen LogP contribution is -2.34. The molecule has 0 amide bonds. The maximum Gasteiger partial charge on any atom is 0.212 e. The van der Waals surface area contributed by atoms with Gasteiger partial charge in [-0.05, 0) is 13.5 Å². The van der Waals surface area contributed by atoms with Crippen LogP contribution in [0.15, 0.2) is 0 Å². The van der Waals surface area contributed by atoms with Crippen molar-refractivity contribution in [1.29, 1.82) is 0 Å². The first-order valence-electron chi connectivity index (χ1n) is 4.71. The van der Waals surface area contributed by atoms with Crippen LogP contribution in [0, 0.1) is 0 Å². The SMILES string of the molecule is CCCCS(=O)(=O)NCCS(=O)(=O)NC. The first-order valence-corrected chi connectivity index (χ1v) is 8.02. The number of sulfonamides is 2. The zero-order valence-corrected chi connectivity index (χ0v) is 10.6. The number of hydrogen-bond acceptors (Lipinski definition) is 4. The fraction of sp³-hybridized carbons (Fsp3) is 1.00. The van der Waals surface area contributed by atoms with Crippen molar-refractivity contribution >= 4 is 20.0 Å². The van der Waals surface area contributed by atoms with Crippen LogP contribution in [-0.2, 0) is 20.0 Å². The molecule has 0 fully saturated rings. The molecule has 15 heavy (non-hydrogen) atoms. The number of hydrogen-bond donors (Lipinski definition) is 2. The summed E-state index contributed by atoms with van der Waals surface area (Å²) < 4.78 is 48.7. The van der Waals surface area contributed by atoms with E-state index in [1.54, 1.807) is 0 Å². The Labute approximate surface area is 91.6 Å². The molecule has 0 atom stereocenters. The van der Waals surface area contributed by atoms with Crippen LogP contribution in [0.1, 0.15) is 19.8 Å². The van der Waals surface area contributed by atoms with Gasteiger partial charge in [0.2, 0.25) is 20.0 Å². The highest BCUT2D eigenvalue weighted by Crippen LogP contribution is 1.93. The van der Waals surface area contributed by atoms with Gasteiger partial charge in [-0.25, -0.2) is 26.3 Å². The highest BCUT2D eigenvalue weighted by atomic mass is 32.2. The van der Waals surface area contributed by atoms with Crippen LogP contribution in [-0.4, -0.2) is 41.9 Å². The van der Waals surface area contributed by atoms with Crippen molar-refractivity contribution in [2.24, 2.45) is 0 Å². The van der Waals surface area contributed by atoms with E-state index in [2.05, 4.69) is 9.44 Å². The Kier molecular flexibility index (Phi) is 6.34. The third-order valence-corrected chi connectivity index (χ3v) is 4.60. The molecule has 0 heterocycles. The molecule has 0 aromatic heterocycles. The summed E-state index contributed by atoms with van der Waals surface area (Å²) in [5.41, 5.74) is 0. The smallest absolute Gasteiger partial charge is 0.212 e. The Balaban J connectivity index is 3.96. The van der Waals surface area contributed by atoms with Gasteiger partial charge in [0.25, 0.3) is 0 Å². The minimum absolute atomic E-state index is 0.0447. The van der Waals surface area contributed by atoms with Gasteiger partial charge in [-0.1, -0.05) is 13.3 Å². The van der Waals surface area contributed by atoms with E-state index in [1.165, 1.54) is 7.05 Å². The Morgan fingerprint density at radius 2 is 1.60 bits per heavy atom. The summed E-state index contributed by atoms with van der Waals surface area (Å²) in [6.45, 7) is 1.80. The molecular formula is C7H18N2O4S2. The Morgan fingerprint density at radius 1 is 1.00 bits per heavy atom. The molecule has 0 saturated heterocycles. The largest absolute Gasteiger partial charge is 0.218 e. The molecule has 92 valence electrons. The lowest BCUT2D eigenvalue weighted by molar-refractivity contribution is 0.576. The Bertz CT molecular complexity index is 360. The second kappa shape index (κ2) is 6.41. The van der Waals surface area contributed by atoms with Crippen molar-refractivity contribution in [2.75, 3.05) is 25.1 Å². The van der Waals surface area contributed by atoms with Crippen LogP contribution in [0.2, 0.25) is 0 Å². The quantitative estimate of drug-likeness (QED) is 0.599. The van der Waals surface area contributed by atoms with Crippen LogP contribution in [0.25, 0.3) is 0 Å². The Morgan fingerprint density at radius 3 is 2.07 bits per heavy atom. The number of rotatable bonds is 8. The van der Waals surface area contributed by atoms with Gasteiger partial charge in [0.15, 0.2) is 0 Å². The molecule has 0 aliphatic carbocycles. The van der Waals surface area contributed by atoms with E-state index in [-0.39, 0.29) is 18.1 Å². The second-order valence-corrected chi connectivity index (χ2v) is 7.06. The fourth-order valence-electron chi connectivity index (χ4n) is 0.840. The molecule has 0 aromatic rings. The van der Waals surface area contributed by atoms with E-state index in [0.717, 1.165) is 6.42 Å². The molecule has 0 aliphatic heterocycles. The Hall–Kier alpha value is -0.180. The van der Waals surface area contributed by atoms with E-state index in [1.807, 2.05) is 6.92 Å². The molecule has 2 N–H and O–H groups in total. The predicted molar refractivity (Wildman–Crippen MR) is 59.5 cm³/mol. The van der Waals surface area contributed by atoms with Gasteiger partial charge in [0.1, 0.15) is 0 Å². The van der Waals surface area contributed by atoms with E-state index < -0.39 is 20.0 Å². The molecule has 8 heteroatoms. The standard InChI is InChI=1S/C7H18N2O4S2/c1-3-4-6-15(12,13)9-5-7-14(10,11)8-2/h8-9H,3-7H2,1-2H3. The molecule has 0 aliphatic rings. The van der Waals surface area contributed by atoms with Crippen LogP contribution in [0.4, 0.5) is 0 Å². The summed E-state index contributed by atoms with van der Waals surface area (Å²) in [6, 6.07) is 0. The lowest BCUT2D eigenvalue weighted by atomic mass is 10.4. The summed E-state index contributed by atoms with van der Waals surface area (Å²) in [5, 5.41) is 0. The number of unbranched alkanes of at least 4 members (excludes halogenated alkanes) is 1. The molecule has 0 bridgehead atoms. The molecule has 0 saturated carbocycles. The molecule has 0 spiro atoms. The molecule has 6 nitrogen and oxygen atoms in total. The minimum atomic E-state index is -3.34. The maximum absolute atomic E-state index is 11.2. The van der Waals surface area contributed by atoms with Gasteiger partial charge in [0.05, 0.1) is 11.5 Å². The third-order valence-electron chi connectivity index (χ3n) is 1.77. The number of nitrogens with one attached hydrogen (secondary N) is 2. The molecule has 0 radical (unpaired) electrons. The van der Waals surface area contributed by atoms with Gasteiger partial charge < -0.3 is 0 Å². The van der Waals surface area contributed by atoms with Gasteiger partial charge in [0, 0.05) is 6.54 Å². The average Bonchev–Trinajstić information content (AvgIpc) is 2.14. The minimum Gasteiger partial charge on any atom is -0.218 e. The van der Waals surface area contributed by atoms with Crippen LogP contribution in [0.5, 0.6) is 0 Å². The van der Waals surface area contributed by atoms with Crippen molar-refractivity contribution in [3.8, 4) is 0 Å². The van der Waals surface area contributed by atoms with Crippen LogP contribution < -0.4 is 9.44 Å². The normalized spacial score (nSPS) is 12.9. The summed E-state index contributed by atoms with van der Waals surface area (Å²) in [7, 11) is -5.36. The summed E-state index contributed by atoms with van der Waals surface area (Å²) in [6.07, 6.45) is 1.36. The predicted octanol–water partition coefficient (Wildman–Crippen LogP) is -0.745. The fourth-order valence-corrected chi connectivity index (χ4v) is 2.77. The third kappa shape index (κ3) is 7.71. The van der Waals surface area contributed by atoms with Crippen molar-refractivity contribution in [3.63, 3.8) is 0 Å². The van der Waals surface area contributed by atoms with Crippen LogP contribution >= 0.6 is 0 Å². The maximum atomic E-state index is 11.2. The molecule has 0 rings (SSSR count). The zero-order valence-electron chi connectivity index (χ0n) is 8.99. The lowest BCUT2D eigenvalue weighted by Gasteiger charge is -2.05. The van der Waals surface area contributed by atoms with Crippen molar-refractivity contribution in [2.45, 2.75) is 19.8 Å². The topological polar surface area (TPSA) is 92.3 Å². The molecule has 0 aromatic carbocycles. The van der Waals surface area contributed by atoms with Crippen LogP contribution in [0.3, 0.4) is 0 Å². The molecular weight excluding hydrogens is 240 g/mol. The highest BCUT2D eigenvalue weighted by Gasteiger charge is 2.11. The average molecular weight is 258 g/mol. The van der Waals surface area contributed by atoms with Crippen molar-refractivity contribution in [3.05, 3.63) is 0 Å². The highest BCUT2D eigenvalue weighted by molar-refractivity contribution is 7.90. The van der Waals surface area contributed by atoms with E-state index in [9.17, 15) is 16.8 Å². The monoisotopic (exact) mass is 258 g/mol. The summed E-state index contributed by atoms with van der Waals surface area (Å²) in [5.74, 6) is -0.196.